The molecule has 270 valence electrons. The van der Waals surface area contributed by atoms with Gasteiger partial charge < -0.3 is 14.6 Å². The summed E-state index contributed by atoms with van der Waals surface area (Å²) in [5.74, 6) is -0.522. The SMILES string of the molecule is CCCCCCCCCCCc1ccc2c(c1)O[C@@H](C)CN(Cc1cc([C@@H](CC(=O)O)c3cc(OC)c4c(c3)nnn4C)ccc1C)S2(=O)=O. The number of carbonyl (C=O) groups is 1. The Balaban J connectivity index is 1.34. The summed E-state index contributed by atoms with van der Waals surface area (Å²) in [6.45, 7) is 6.39. The van der Waals surface area contributed by atoms with Gasteiger partial charge in [-0.25, -0.2) is 13.1 Å². The Morgan fingerprint density at radius 3 is 2.42 bits per heavy atom. The van der Waals surface area contributed by atoms with Crippen molar-refractivity contribution in [2.24, 2.45) is 7.05 Å². The average molecular weight is 705 g/mol. The van der Waals surface area contributed by atoms with Gasteiger partial charge in [-0.3, -0.25) is 4.79 Å². The predicted octanol–water partition coefficient (Wildman–Crippen LogP) is 7.94. The molecule has 1 aliphatic heterocycles. The summed E-state index contributed by atoms with van der Waals surface area (Å²) < 4.78 is 43.3. The van der Waals surface area contributed by atoms with Crippen molar-refractivity contribution in [2.75, 3.05) is 13.7 Å². The van der Waals surface area contributed by atoms with Crippen LogP contribution in [0.4, 0.5) is 0 Å². The molecule has 0 saturated carbocycles. The molecule has 0 radical (unpaired) electrons. The smallest absolute Gasteiger partial charge is 0.304 e. The number of aromatic nitrogens is 3. The van der Waals surface area contributed by atoms with Crippen molar-refractivity contribution in [3.63, 3.8) is 0 Å². The van der Waals surface area contributed by atoms with Crippen molar-refractivity contribution < 1.29 is 27.8 Å². The lowest BCUT2D eigenvalue weighted by Gasteiger charge is -2.24. The molecule has 4 aromatic rings. The lowest BCUT2D eigenvalue weighted by Crippen LogP contribution is -2.35. The lowest BCUT2D eigenvalue weighted by atomic mass is 9.86. The van der Waals surface area contributed by atoms with Crippen LogP contribution in [0.15, 0.2) is 53.4 Å². The fourth-order valence-electron chi connectivity index (χ4n) is 6.98. The molecular formula is C39H52N4O6S. The van der Waals surface area contributed by atoms with E-state index in [1.54, 1.807) is 24.9 Å². The number of hydrogen-bond acceptors (Lipinski definition) is 7. The molecule has 10 nitrogen and oxygen atoms in total. The standard InChI is InChI=1S/C39H52N4O6S/c1-6-7-8-9-10-11-12-13-14-15-29-17-19-37-35(20-29)49-28(3)25-43(50(37,46)47)26-32-21-30(18-16-27(32)2)33(24-38(44)45)31-22-34-39(36(23-31)48-5)42(4)41-40-34/h16-23,28,33H,6-15,24-26H2,1-5H3,(H,44,45)/t28-,33+/m0/s1. The number of hydrogen-bond donors (Lipinski definition) is 1. The molecule has 1 aliphatic rings. The van der Waals surface area contributed by atoms with Crippen LogP contribution in [-0.2, 0) is 34.8 Å². The van der Waals surface area contributed by atoms with Crippen LogP contribution < -0.4 is 9.47 Å². The zero-order valence-corrected chi connectivity index (χ0v) is 31.0. The third kappa shape index (κ3) is 8.84. The van der Waals surface area contributed by atoms with Crippen molar-refractivity contribution in [3.8, 4) is 11.5 Å². The molecule has 0 amide bonds. The summed E-state index contributed by atoms with van der Waals surface area (Å²) in [7, 11) is -0.546. The van der Waals surface area contributed by atoms with E-state index in [2.05, 4.69) is 17.2 Å². The van der Waals surface area contributed by atoms with Crippen molar-refractivity contribution in [2.45, 2.75) is 115 Å². The van der Waals surface area contributed by atoms with Crippen LogP contribution in [0, 0.1) is 6.92 Å². The maximum Gasteiger partial charge on any atom is 0.304 e. The van der Waals surface area contributed by atoms with Crippen molar-refractivity contribution in [3.05, 3.63) is 76.3 Å². The van der Waals surface area contributed by atoms with Gasteiger partial charge in [0.25, 0.3) is 0 Å². The molecule has 50 heavy (non-hydrogen) atoms. The van der Waals surface area contributed by atoms with Gasteiger partial charge in [0.2, 0.25) is 10.0 Å². The molecule has 0 aliphatic carbocycles. The Kier molecular flexibility index (Phi) is 12.6. The van der Waals surface area contributed by atoms with E-state index in [0.717, 1.165) is 40.7 Å². The van der Waals surface area contributed by atoms with Crippen LogP contribution >= 0.6 is 0 Å². The minimum atomic E-state index is -3.88. The van der Waals surface area contributed by atoms with E-state index in [4.69, 9.17) is 9.47 Å². The molecule has 1 N–H and O–H groups in total. The summed E-state index contributed by atoms with van der Waals surface area (Å²) in [6.07, 6.45) is 11.7. The topological polar surface area (TPSA) is 124 Å². The number of aryl methyl sites for hydroxylation is 3. The molecule has 0 saturated heterocycles. The molecule has 11 heteroatoms. The van der Waals surface area contributed by atoms with Crippen LogP contribution in [-0.4, -0.2) is 58.6 Å². The number of carboxylic acids is 1. The van der Waals surface area contributed by atoms with Crippen molar-refractivity contribution in [1.82, 2.24) is 19.3 Å². The van der Waals surface area contributed by atoms with Gasteiger partial charge in [0.05, 0.1) is 20.1 Å². The first kappa shape index (κ1) is 37.3. The third-order valence-corrected chi connectivity index (χ3v) is 11.6. The lowest BCUT2D eigenvalue weighted by molar-refractivity contribution is -0.137. The fraction of sp³-hybridized carbons (Fsp3) is 0.513. The van der Waals surface area contributed by atoms with Crippen molar-refractivity contribution >= 4 is 27.0 Å². The molecule has 2 atom stereocenters. The number of fused-ring (bicyclic) bond motifs is 2. The van der Waals surface area contributed by atoms with Crippen LogP contribution in [0.3, 0.4) is 0 Å². The normalized spacial score (nSPS) is 16.5. The number of unbranched alkanes of at least 4 members (excludes halogenated alkanes) is 8. The number of nitrogens with zero attached hydrogens (tertiary/aromatic N) is 4. The van der Waals surface area contributed by atoms with Crippen molar-refractivity contribution in [1.29, 1.82) is 0 Å². The van der Waals surface area contributed by atoms with E-state index in [1.165, 1.54) is 55.7 Å². The zero-order chi connectivity index (χ0) is 35.8. The number of sulfonamides is 1. The Morgan fingerprint density at radius 1 is 1.00 bits per heavy atom. The Bertz CT molecular complexity index is 1890. The zero-order valence-electron chi connectivity index (χ0n) is 30.2. The van der Waals surface area contributed by atoms with Gasteiger partial charge in [0.1, 0.15) is 33.5 Å². The maximum absolute atomic E-state index is 14.1. The Hall–Kier alpha value is -3.96. The van der Waals surface area contributed by atoms with E-state index in [9.17, 15) is 18.3 Å². The number of benzene rings is 3. The van der Waals surface area contributed by atoms with Crippen LogP contribution in [0.2, 0.25) is 0 Å². The van der Waals surface area contributed by atoms with Crippen LogP contribution in [0.5, 0.6) is 11.5 Å². The van der Waals surface area contributed by atoms with Gasteiger partial charge in [-0.05, 0) is 78.8 Å². The minimum Gasteiger partial charge on any atom is -0.494 e. The van der Waals surface area contributed by atoms with Gasteiger partial charge in [-0.1, -0.05) is 87.8 Å². The summed E-state index contributed by atoms with van der Waals surface area (Å²) in [4.78, 5) is 12.3. The quantitative estimate of drug-likeness (QED) is 0.110. The summed E-state index contributed by atoms with van der Waals surface area (Å²) >= 11 is 0. The second-order valence-corrected chi connectivity index (χ2v) is 15.6. The molecule has 0 unspecified atom stereocenters. The number of ether oxygens (including phenoxy) is 2. The number of rotatable bonds is 17. The van der Waals surface area contributed by atoms with Gasteiger partial charge in [-0.2, -0.15) is 4.31 Å². The van der Waals surface area contributed by atoms with E-state index >= 15 is 0 Å². The van der Waals surface area contributed by atoms with Crippen LogP contribution in [0.1, 0.15) is 112 Å². The molecule has 0 bridgehead atoms. The van der Waals surface area contributed by atoms with Gasteiger partial charge in [0.15, 0.2) is 0 Å². The van der Waals surface area contributed by atoms with E-state index in [0.29, 0.717) is 22.5 Å². The molecule has 0 spiro atoms. The average Bonchev–Trinajstić information content (AvgIpc) is 3.42. The Morgan fingerprint density at radius 2 is 1.72 bits per heavy atom. The highest BCUT2D eigenvalue weighted by molar-refractivity contribution is 7.89. The highest BCUT2D eigenvalue weighted by Gasteiger charge is 2.34. The first-order valence-electron chi connectivity index (χ1n) is 18.0. The number of aliphatic carboxylic acids is 1. The van der Waals surface area contributed by atoms with Gasteiger partial charge in [-0.15, -0.1) is 5.10 Å². The maximum atomic E-state index is 14.1. The molecular weight excluding hydrogens is 653 g/mol. The molecule has 5 rings (SSSR count). The monoisotopic (exact) mass is 704 g/mol. The molecule has 2 heterocycles. The molecule has 0 fully saturated rings. The highest BCUT2D eigenvalue weighted by atomic mass is 32.2. The predicted molar refractivity (Wildman–Crippen MR) is 195 cm³/mol. The first-order chi connectivity index (χ1) is 24.0. The summed E-state index contributed by atoms with van der Waals surface area (Å²) in [5.41, 5.74) is 5.60. The number of carboxylic acid groups (broad SMARTS) is 1. The molecule has 3 aromatic carbocycles. The first-order valence-corrected chi connectivity index (χ1v) is 19.4. The van der Waals surface area contributed by atoms with E-state index in [-0.39, 0.29) is 30.5 Å². The minimum absolute atomic E-state index is 0.127. The van der Waals surface area contributed by atoms with Gasteiger partial charge in [0, 0.05) is 19.5 Å². The van der Waals surface area contributed by atoms with E-state index in [1.807, 2.05) is 56.3 Å². The van der Waals surface area contributed by atoms with Gasteiger partial charge >= 0.3 is 5.97 Å². The van der Waals surface area contributed by atoms with Crippen LogP contribution in [0.25, 0.3) is 11.0 Å². The van der Waals surface area contributed by atoms with E-state index < -0.39 is 21.9 Å². The largest absolute Gasteiger partial charge is 0.494 e. The third-order valence-electron chi connectivity index (χ3n) is 9.79. The summed E-state index contributed by atoms with van der Waals surface area (Å²) in [6, 6.07) is 15.0. The fourth-order valence-corrected chi connectivity index (χ4v) is 8.58. The Labute approximate surface area is 296 Å². The number of methoxy groups -OCH3 is 1. The second-order valence-electron chi connectivity index (χ2n) is 13.7. The summed E-state index contributed by atoms with van der Waals surface area (Å²) in [5, 5.41) is 18.3. The molecule has 1 aromatic heterocycles. The highest BCUT2D eigenvalue weighted by Crippen LogP contribution is 2.37. The second kappa shape index (κ2) is 16.8.